The molecule has 2 aromatic carbocycles. The maximum atomic E-state index is 13.1. The highest BCUT2D eigenvalue weighted by atomic mass is 35.5. The van der Waals surface area contributed by atoms with E-state index in [2.05, 4.69) is 25.8 Å². The molecule has 4 aromatic rings. The van der Waals surface area contributed by atoms with Crippen LogP contribution in [0.25, 0.3) is 23.0 Å². The van der Waals surface area contributed by atoms with E-state index in [4.69, 9.17) is 37.7 Å². The van der Waals surface area contributed by atoms with Crippen LogP contribution in [0.15, 0.2) is 48.8 Å². The Morgan fingerprint density at radius 3 is 2.83 bits per heavy atom. The SMILES string of the molecule is COC(=O)Cc1ccc2c(c1)OCCCCCC[C@H](NC(=O)/C=C/c1cc(Cl)ccc1-n1cnnn1)c1nc-2c(Cl)[nH]1. The van der Waals surface area contributed by atoms with E-state index < -0.39 is 6.04 Å². The van der Waals surface area contributed by atoms with Crippen LogP contribution in [0.3, 0.4) is 0 Å². The number of hydrogen-bond donors (Lipinski definition) is 2. The lowest BCUT2D eigenvalue weighted by Gasteiger charge is -2.16. The van der Waals surface area contributed by atoms with Crippen molar-refractivity contribution in [2.45, 2.75) is 44.6 Å². The van der Waals surface area contributed by atoms with Crippen LogP contribution >= 0.6 is 23.2 Å². The van der Waals surface area contributed by atoms with Crippen molar-refractivity contribution in [3.05, 3.63) is 75.9 Å². The molecular weight excluding hydrogens is 581 g/mol. The number of methoxy groups -OCH3 is 1. The van der Waals surface area contributed by atoms with E-state index in [-0.39, 0.29) is 18.3 Å². The number of amides is 1. The van der Waals surface area contributed by atoms with Crippen molar-refractivity contribution >= 4 is 41.2 Å². The number of rotatable bonds is 6. The summed E-state index contributed by atoms with van der Waals surface area (Å²) in [7, 11) is 1.36. The summed E-state index contributed by atoms with van der Waals surface area (Å²) < 4.78 is 12.4. The average Bonchev–Trinajstić information content (AvgIpc) is 3.65. The predicted molar refractivity (Wildman–Crippen MR) is 157 cm³/mol. The third-order valence-electron chi connectivity index (χ3n) is 6.85. The van der Waals surface area contributed by atoms with Crippen LogP contribution in [0.5, 0.6) is 5.75 Å². The van der Waals surface area contributed by atoms with Gasteiger partial charge in [-0.15, -0.1) is 5.10 Å². The first-order valence-corrected chi connectivity index (χ1v) is 14.3. The lowest BCUT2D eigenvalue weighted by Crippen LogP contribution is -2.27. The number of carbonyl (C=O) groups excluding carboxylic acids is 2. The fourth-order valence-corrected chi connectivity index (χ4v) is 5.15. The molecule has 0 saturated carbocycles. The number of aromatic amines is 1. The van der Waals surface area contributed by atoms with Crippen molar-refractivity contribution < 1.29 is 19.1 Å². The normalized spacial score (nSPS) is 15.5. The Kier molecular flexibility index (Phi) is 9.50. The molecule has 0 aliphatic carbocycles. The lowest BCUT2D eigenvalue weighted by atomic mass is 10.1. The van der Waals surface area contributed by atoms with Crippen LogP contribution in [-0.2, 0) is 20.7 Å². The second kappa shape index (κ2) is 13.6. The zero-order valence-electron chi connectivity index (χ0n) is 22.8. The van der Waals surface area contributed by atoms with Crippen LogP contribution in [-0.4, -0.2) is 55.8 Å². The molecular formula is C29H29Cl2N7O4. The number of hydrogen-bond acceptors (Lipinski definition) is 8. The first kappa shape index (κ1) is 29.3. The van der Waals surface area contributed by atoms with E-state index in [9.17, 15) is 9.59 Å². The molecule has 2 N–H and O–H groups in total. The highest BCUT2D eigenvalue weighted by Crippen LogP contribution is 2.36. The molecule has 0 saturated heterocycles. The molecule has 1 aliphatic rings. The first-order chi connectivity index (χ1) is 20.4. The van der Waals surface area contributed by atoms with Gasteiger partial charge in [0.25, 0.3) is 0 Å². The number of carbonyl (C=O) groups is 2. The van der Waals surface area contributed by atoms with Crippen LogP contribution in [0.1, 0.15) is 55.1 Å². The fraction of sp³-hybridized carbons (Fsp3) is 0.310. The van der Waals surface area contributed by atoms with E-state index >= 15 is 0 Å². The standard InChI is InChI=1S/C29H29Cl2N7O4/c1-41-26(40)15-18-7-10-21-24(14-18)42-13-5-3-2-4-6-22(29-34-27(21)28(31)35-29)33-25(39)12-8-19-16-20(30)9-11-23(19)38-17-32-36-37-38/h7-12,14,16-17,22H,2-6,13,15H2,1H3,(H,33,39)(H,34,35)/b12-8+/t22-/m0/s1. The minimum absolute atomic E-state index is 0.126. The van der Waals surface area contributed by atoms with E-state index in [0.717, 1.165) is 31.2 Å². The highest BCUT2D eigenvalue weighted by Gasteiger charge is 2.23. The first-order valence-electron chi connectivity index (χ1n) is 13.5. The van der Waals surface area contributed by atoms with Gasteiger partial charge in [0.2, 0.25) is 5.91 Å². The molecule has 1 atom stereocenters. The zero-order valence-corrected chi connectivity index (χ0v) is 24.4. The maximum absolute atomic E-state index is 13.1. The Bertz CT molecular complexity index is 1590. The Balaban J connectivity index is 1.40. The molecule has 2 aromatic heterocycles. The number of esters is 1. The maximum Gasteiger partial charge on any atom is 0.309 e. The molecule has 1 aliphatic heterocycles. The summed E-state index contributed by atoms with van der Waals surface area (Å²) in [4.78, 5) is 32.9. The molecule has 13 heteroatoms. The van der Waals surface area contributed by atoms with Gasteiger partial charge in [-0.1, -0.05) is 48.5 Å². The smallest absolute Gasteiger partial charge is 0.309 e. The number of ether oxygens (including phenoxy) is 2. The van der Waals surface area contributed by atoms with Crippen LogP contribution in [0.2, 0.25) is 10.2 Å². The topological polar surface area (TPSA) is 137 Å². The Morgan fingerprint density at radius 2 is 2.02 bits per heavy atom. The van der Waals surface area contributed by atoms with Gasteiger partial charge in [0.05, 0.1) is 31.9 Å². The molecule has 218 valence electrons. The van der Waals surface area contributed by atoms with Gasteiger partial charge >= 0.3 is 5.97 Å². The number of fused-ring (bicyclic) bond motifs is 4. The number of aromatic nitrogens is 6. The van der Waals surface area contributed by atoms with Crippen molar-refractivity contribution in [1.82, 2.24) is 35.5 Å². The molecule has 11 nitrogen and oxygen atoms in total. The molecule has 42 heavy (non-hydrogen) atoms. The number of benzene rings is 2. The Labute approximate surface area is 252 Å². The monoisotopic (exact) mass is 609 g/mol. The van der Waals surface area contributed by atoms with E-state index in [1.54, 1.807) is 24.3 Å². The Morgan fingerprint density at radius 1 is 1.17 bits per heavy atom. The van der Waals surface area contributed by atoms with Crippen molar-refractivity contribution in [3.8, 4) is 22.7 Å². The number of nitrogens with one attached hydrogen (secondary N) is 2. The van der Waals surface area contributed by atoms with Crippen molar-refractivity contribution in [2.24, 2.45) is 0 Å². The molecule has 5 rings (SSSR count). The molecule has 0 unspecified atom stereocenters. The molecule has 1 amide bonds. The van der Waals surface area contributed by atoms with Crippen LogP contribution in [0.4, 0.5) is 0 Å². The number of H-pyrrole nitrogens is 1. The van der Waals surface area contributed by atoms with Crippen LogP contribution in [0, 0.1) is 0 Å². The second-order valence-electron chi connectivity index (χ2n) is 9.77. The summed E-state index contributed by atoms with van der Waals surface area (Å²) in [6, 6.07) is 10.3. The lowest BCUT2D eigenvalue weighted by molar-refractivity contribution is -0.139. The fourth-order valence-electron chi connectivity index (χ4n) is 4.73. The summed E-state index contributed by atoms with van der Waals surface area (Å²) in [6.45, 7) is 0.519. The molecule has 2 bridgehead atoms. The minimum atomic E-state index is -0.407. The van der Waals surface area contributed by atoms with Gasteiger partial charge in [-0.05, 0) is 65.2 Å². The summed E-state index contributed by atoms with van der Waals surface area (Å²) in [5.41, 5.74) is 3.30. The van der Waals surface area contributed by atoms with Crippen molar-refractivity contribution in [3.63, 3.8) is 0 Å². The molecule has 0 spiro atoms. The third-order valence-corrected chi connectivity index (χ3v) is 7.35. The molecule has 0 radical (unpaired) electrons. The number of halogens is 2. The van der Waals surface area contributed by atoms with Gasteiger partial charge in [-0.3, -0.25) is 9.59 Å². The second-order valence-corrected chi connectivity index (χ2v) is 10.6. The van der Waals surface area contributed by atoms with E-state index in [1.807, 2.05) is 18.2 Å². The quantitative estimate of drug-likeness (QED) is 0.222. The largest absolute Gasteiger partial charge is 0.493 e. The van der Waals surface area contributed by atoms with E-state index in [1.165, 1.54) is 24.2 Å². The zero-order chi connectivity index (χ0) is 29.5. The van der Waals surface area contributed by atoms with Crippen molar-refractivity contribution in [2.75, 3.05) is 13.7 Å². The predicted octanol–water partition coefficient (Wildman–Crippen LogP) is 5.29. The van der Waals surface area contributed by atoms with Gasteiger partial charge in [-0.2, -0.15) is 4.68 Å². The van der Waals surface area contributed by atoms with Gasteiger partial charge < -0.3 is 19.8 Å². The van der Waals surface area contributed by atoms with Gasteiger partial charge in [-0.25, -0.2) is 4.98 Å². The number of nitrogens with zero attached hydrogens (tertiary/aromatic N) is 5. The highest BCUT2D eigenvalue weighted by molar-refractivity contribution is 6.32. The summed E-state index contributed by atoms with van der Waals surface area (Å²) in [5, 5.41) is 15.2. The number of imidazole rings is 1. The van der Waals surface area contributed by atoms with Crippen molar-refractivity contribution in [1.29, 1.82) is 0 Å². The van der Waals surface area contributed by atoms with E-state index in [0.29, 0.717) is 57.3 Å². The Hall–Kier alpha value is -4.22. The third kappa shape index (κ3) is 7.15. The van der Waals surface area contributed by atoms with Crippen LogP contribution < -0.4 is 10.1 Å². The van der Waals surface area contributed by atoms with Gasteiger partial charge in [0, 0.05) is 22.2 Å². The minimum Gasteiger partial charge on any atom is -0.493 e. The molecule has 3 heterocycles. The summed E-state index contributed by atoms with van der Waals surface area (Å²) in [6.07, 6.45) is 9.03. The average molecular weight is 611 g/mol. The molecule has 0 fully saturated rings. The summed E-state index contributed by atoms with van der Waals surface area (Å²) in [5.74, 6) is 0.475. The van der Waals surface area contributed by atoms with Gasteiger partial charge in [0.15, 0.2) is 0 Å². The van der Waals surface area contributed by atoms with Gasteiger partial charge in [0.1, 0.15) is 28.7 Å². The number of tetrazole rings is 1. The summed E-state index contributed by atoms with van der Waals surface area (Å²) >= 11 is 12.9.